The van der Waals surface area contributed by atoms with E-state index in [0.29, 0.717) is 5.88 Å². The normalized spacial score (nSPS) is 12.6. The first-order valence-electron chi connectivity index (χ1n) is 5.24. The second-order valence-electron chi connectivity index (χ2n) is 3.81. The van der Waals surface area contributed by atoms with Gasteiger partial charge < -0.3 is 0 Å². The Bertz CT molecular complexity index is 478. The van der Waals surface area contributed by atoms with Gasteiger partial charge in [0, 0.05) is 16.7 Å². The van der Waals surface area contributed by atoms with Crippen LogP contribution in [0.25, 0.3) is 0 Å². The summed E-state index contributed by atoms with van der Waals surface area (Å²) in [5, 5.41) is 0. The smallest absolute Gasteiger partial charge is 0.123 e. The highest BCUT2D eigenvalue weighted by molar-refractivity contribution is 7.16. The SMILES string of the molecule is Fc1ccc(C(CCl)Cc2ccc(Cl)s2)cc1. The second-order valence-corrected chi connectivity index (χ2v) is 5.92. The molecule has 0 amide bonds. The summed E-state index contributed by atoms with van der Waals surface area (Å²) in [5.41, 5.74) is 1.06. The van der Waals surface area contributed by atoms with Gasteiger partial charge in [0.25, 0.3) is 0 Å². The van der Waals surface area contributed by atoms with Crippen LogP contribution >= 0.6 is 34.5 Å². The van der Waals surface area contributed by atoms with E-state index in [4.69, 9.17) is 23.2 Å². The molecule has 0 aliphatic carbocycles. The van der Waals surface area contributed by atoms with Crippen LogP contribution in [0.5, 0.6) is 0 Å². The fourth-order valence-electron chi connectivity index (χ4n) is 1.70. The molecule has 1 heterocycles. The predicted molar refractivity (Wildman–Crippen MR) is 72.9 cm³/mol. The fourth-order valence-corrected chi connectivity index (χ4v) is 3.16. The van der Waals surface area contributed by atoms with Crippen LogP contribution in [0.3, 0.4) is 0 Å². The molecule has 0 saturated heterocycles. The fraction of sp³-hybridized carbons (Fsp3) is 0.231. The highest BCUT2D eigenvalue weighted by Gasteiger charge is 2.12. The predicted octanol–water partition coefficient (Wildman–Crippen LogP) is 5.11. The Kier molecular flexibility index (Phi) is 4.43. The van der Waals surface area contributed by atoms with Crippen molar-refractivity contribution >= 4 is 34.5 Å². The third-order valence-electron chi connectivity index (χ3n) is 2.60. The van der Waals surface area contributed by atoms with Crippen molar-refractivity contribution in [2.45, 2.75) is 12.3 Å². The Balaban J connectivity index is 2.13. The van der Waals surface area contributed by atoms with Gasteiger partial charge in [-0.1, -0.05) is 23.7 Å². The van der Waals surface area contributed by atoms with E-state index in [1.165, 1.54) is 17.0 Å². The Hall–Kier alpha value is -0.570. The molecule has 1 atom stereocenters. The van der Waals surface area contributed by atoms with Gasteiger partial charge in [-0.2, -0.15) is 0 Å². The molecule has 0 spiro atoms. The summed E-state index contributed by atoms with van der Waals surface area (Å²) in [5.74, 6) is 0.495. The van der Waals surface area contributed by atoms with E-state index in [9.17, 15) is 4.39 Å². The highest BCUT2D eigenvalue weighted by Crippen LogP contribution is 2.28. The number of alkyl halides is 1. The van der Waals surface area contributed by atoms with Crippen LogP contribution in [0.15, 0.2) is 36.4 Å². The van der Waals surface area contributed by atoms with Gasteiger partial charge in [-0.3, -0.25) is 0 Å². The van der Waals surface area contributed by atoms with Crippen molar-refractivity contribution in [3.63, 3.8) is 0 Å². The molecule has 1 aromatic heterocycles. The number of hydrogen-bond donors (Lipinski definition) is 0. The zero-order valence-corrected chi connectivity index (χ0v) is 11.3. The maximum absolute atomic E-state index is 12.8. The average Bonchev–Trinajstić information content (AvgIpc) is 2.73. The maximum Gasteiger partial charge on any atom is 0.123 e. The molecule has 0 bridgehead atoms. The molecule has 0 aliphatic heterocycles. The van der Waals surface area contributed by atoms with Crippen LogP contribution < -0.4 is 0 Å². The molecule has 0 saturated carbocycles. The third-order valence-corrected chi connectivity index (χ3v) is 4.23. The molecular weight excluding hydrogens is 278 g/mol. The van der Waals surface area contributed by atoms with E-state index in [1.54, 1.807) is 23.5 Å². The number of thiophene rings is 1. The highest BCUT2D eigenvalue weighted by atomic mass is 35.5. The molecule has 1 aromatic carbocycles. The molecule has 90 valence electrons. The largest absolute Gasteiger partial charge is 0.207 e. The van der Waals surface area contributed by atoms with Crippen LogP contribution in [0.1, 0.15) is 16.4 Å². The lowest BCUT2D eigenvalue weighted by atomic mass is 9.97. The van der Waals surface area contributed by atoms with Crippen molar-refractivity contribution in [1.82, 2.24) is 0 Å². The Morgan fingerprint density at radius 2 is 1.82 bits per heavy atom. The number of benzene rings is 1. The van der Waals surface area contributed by atoms with Crippen LogP contribution in [-0.2, 0) is 6.42 Å². The number of halogens is 3. The van der Waals surface area contributed by atoms with Gasteiger partial charge in [-0.05, 0) is 36.2 Å². The van der Waals surface area contributed by atoms with Gasteiger partial charge in [0.1, 0.15) is 5.82 Å². The summed E-state index contributed by atoms with van der Waals surface area (Å²) >= 11 is 13.4. The molecule has 0 radical (unpaired) electrons. The Morgan fingerprint density at radius 1 is 1.12 bits per heavy atom. The van der Waals surface area contributed by atoms with Crippen LogP contribution in [0.2, 0.25) is 4.34 Å². The summed E-state index contributed by atoms with van der Waals surface area (Å²) in [6.07, 6.45) is 0.840. The Labute approximate surface area is 114 Å². The zero-order valence-electron chi connectivity index (χ0n) is 9.00. The molecule has 0 fully saturated rings. The summed E-state index contributed by atoms with van der Waals surface area (Å²) in [4.78, 5) is 1.20. The van der Waals surface area contributed by atoms with Gasteiger partial charge in [0.15, 0.2) is 0 Å². The monoisotopic (exact) mass is 288 g/mol. The lowest BCUT2D eigenvalue weighted by molar-refractivity contribution is 0.625. The molecule has 4 heteroatoms. The summed E-state index contributed by atoms with van der Waals surface area (Å²) in [6.45, 7) is 0. The van der Waals surface area contributed by atoms with E-state index in [0.717, 1.165) is 16.3 Å². The van der Waals surface area contributed by atoms with Crippen molar-refractivity contribution in [3.8, 4) is 0 Å². The lowest BCUT2D eigenvalue weighted by Gasteiger charge is -2.13. The molecule has 17 heavy (non-hydrogen) atoms. The van der Waals surface area contributed by atoms with E-state index in [-0.39, 0.29) is 11.7 Å². The second kappa shape index (κ2) is 5.85. The lowest BCUT2D eigenvalue weighted by Crippen LogP contribution is -2.03. The number of hydrogen-bond acceptors (Lipinski definition) is 1. The van der Waals surface area contributed by atoms with E-state index in [1.807, 2.05) is 12.1 Å². The first-order valence-corrected chi connectivity index (χ1v) is 6.97. The quantitative estimate of drug-likeness (QED) is 0.686. The van der Waals surface area contributed by atoms with Crippen LogP contribution in [0, 0.1) is 5.82 Å². The third kappa shape index (κ3) is 3.44. The minimum atomic E-state index is -0.221. The molecule has 0 aliphatic rings. The van der Waals surface area contributed by atoms with Gasteiger partial charge in [0.05, 0.1) is 4.34 Å². The van der Waals surface area contributed by atoms with Crippen molar-refractivity contribution < 1.29 is 4.39 Å². The van der Waals surface area contributed by atoms with Gasteiger partial charge in [-0.25, -0.2) is 4.39 Å². The van der Waals surface area contributed by atoms with Crippen molar-refractivity contribution in [1.29, 1.82) is 0 Å². The minimum Gasteiger partial charge on any atom is -0.207 e. The van der Waals surface area contributed by atoms with E-state index < -0.39 is 0 Å². The minimum absolute atomic E-state index is 0.201. The van der Waals surface area contributed by atoms with Gasteiger partial charge in [0.2, 0.25) is 0 Å². The topological polar surface area (TPSA) is 0 Å². The van der Waals surface area contributed by atoms with Crippen LogP contribution in [-0.4, -0.2) is 5.88 Å². The first-order chi connectivity index (χ1) is 8.19. The van der Waals surface area contributed by atoms with Gasteiger partial charge >= 0.3 is 0 Å². The molecule has 0 N–H and O–H groups in total. The maximum atomic E-state index is 12.8. The van der Waals surface area contributed by atoms with E-state index in [2.05, 4.69) is 0 Å². The molecule has 2 rings (SSSR count). The molecule has 2 aromatic rings. The van der Waals surface area contributed by atoms with Crippen LogP contribution in [0.4, 0.5) is 4.39 Å². The van der Waals surface area contributed by atoms with Crippen molar-refractivity contribution in [2.24, 2.45) is 0 Å². The summed E-state index contributed by atoms with van der Waals surface area (Å²) in [6, 6.07) is 10.4. The first kappa shape index (κ1) is 12.9. The Morgan fingerprint density at radius 3 is 2.35 bits per heavy atom. The number of rotatable bonds is 4. The zero-order chi connectivity index (χ0) is 12.3. The standard InChI is InChI=1S/C13H11Cl2FS/c14-8-10(7-12-5-6-13(15)17-12)9-1-3-11(16)4-2-9/h1-6,10H,7-8H2. The van der Waals surface area contributed by atoms with Gasteiger partial charge in [-0.15, -0.1) is 22.9 Å². The molecule has 1 unspecified atom stereocenters. The molecule has 0 nitrogen and oxygen atoms in total. The van der Waals surface area contributed by atoms with Crippen molar-refractivity contribution in [3.05, 3.63) is 57.0 Å². The van der Waals surface area contributed by atoms with Crippen molar-refractivity contribution in [2.75, 3.05) is 5.88 Å². The van der Waals surface area contributed by atoms with E-state index >= 15 is 0 Å². The summed E-state index contributed by atoms with van der Waals surface area (Å²) in [7, 11) is 0. The average molecular weight is 289 g/mol. The molecular formula is C13H11Cl2FS. The summed E-state index contributed by atoms with van der Waals surface area (Å²) < 4.78 is 13.6.